The van der Waals surface area contributed by atoms with Crippen molar-refractivity contribution in [2.24, 2.45) is 0 Å². The summed E-state index contributed by atoms with van der Waals surface area (Å²) in [5.74, 6) is -0.0285. The third kappa shape index (κ3) is 4.13. The van der Waals surface area contributed by atoms with E-state index in [1.807, 2.05) is 0 Å². The lowest BCUT2D eigenvalue weighted by Gasteiger charge is -2.26. The van der Waals surface area contributed by atoms with Gasteiger partial charge in [-0.15, -0.1) is 0 Å². The summed E-state index contributed by atoms with van der Waals surface area (Å²) in [6.07, 6.45) is 3.19. The van der Waals surface area contributed by atoms with E-state index in [2.05, 4.69) is 10.4 Å². The van der Waals surface area contributed by atoms with Crippen LogP contribution in [0.2, 0.25) is 0 Å². The molecule has 3 rings (SSSR count). The first-order valence-electron chi connectivity index (χ1n) is 7.93. The number of nitrogens with one attached hydrogen (secondary N) is 1. The lowest BCUT2D eigenvalue weighted by molar-refractivity contribution is -0.384. The van der Waals surface area contributed by atoms with Crippen molar-refractivity contribution in [3.63, 3.8) is 0 Å². The molecule has 1 saturated heterocycles. The molecule has 1 aromatic heterocycles. The van der Waals surface area contributed by atoms with E-state index in [-0.39, 0.29) is 18.1 Å². The van der Waals surface area contributed by atoms with Crippen LogP contribution in [0.5, 0.6) is 0 Å². The molecule has 0 saturated carbocycles. The van der Waals surface area contributed by atoms with E-state index in [0.29, 0.717) is 37.7 Å². The maximum absolute atomic E-state index is 12.2. The maximum Gasteiger partial charge on any atom is 0.292 e. The van der Waals surface area contributed by atoms with Crippen LogP contribution in [0.4, 0.5) is 17.1 Å². The maximum atomic E-state index is 12.2. The van der Waals surface area contributed by atoms with Crippen molar-refractivity contribution in [2.75, 3.05) is 31.6 Å². The Morgan fingerprint density at radius 3 is 2.88 bits per heavy atom. The monoisotopic (exact) mass is 345 g/mol. The Balaban J connectivity index is 1.68. The van der Waals surface area contributed by atoms with Crippen LogP contribution in [0.3, 0.4) is 0 Å². The second kappa shape index (κ2) is 7.31. The molecule has 1 amide bonds. The van der Waals surface area contributed by atoms with E-state index in [1.165, 1.54) is 16.9 Å². The number of benzene rings is 1. The van der Waals surface area contributed by atoms with Gasteiger partial charge in [0, 0.05) is 25.4 Å². The first kappa shape index (κ1) is 16.9. The van der Waals surface area contributed by atoms with Crippen LogP contribution in [-0.2, 0) is 16.1 Å². The zero-order chi connectivity index (χ0) is 17.8. The molecule has 132 valence electrons. The molecule has 1 aromatic carbocycles. The summed E-state index contributed by atoms with van der Waals surface area (Å²) in [6, 6.07) is 4.96. The number of amides is 1. The SMILES string of the molecule is Cc1ccc(Nc2cnn(CC(=O)N3CCOCC3)c2)c([N+](=O)[O-])c1. The Kier molecular flexibility index (Phi) is 4.94. The molecule has 0 bridgehead atoms. The van der Waals surface area contributed by atoms with Crippen molar-refractivity contribution >= 4 is 23.0 Å². The summed E-state index contributed by atoms with van der Waals surface area (Å²) in [6.45, 7) is 4.19. The number of nitro groups is 1. The first-order valence-corrected chi connectivity index (χ1v) is 7.93. The zero-order valence-corrected chi connectivity index (χ0v) is 13.8. The summed E-state index contributed by atoms with van der Waals surface area (Å²) in [5.41, 5.74) is 1.78. The van der Waals surface area contributed by atoms with Crippen LogP contribution in [0.15, 0.2) is 30.6 Å². The molecule has 1 aliphatic heterocycles. The molecular weight excluding hydrogens is 326 g/mol. The minimum atomic E-state index is -0.429. The number of ether oxygens (including phenoxy) is 1. The summed E-state index contributed by atoms with van der Waals surface area (Å²) >= 11 is 0. The molecule has 1 fully saturated rings. The highest BCUT2D eigenvalue weighted by Gasteiger charge is 2.18. The quantitative estimate of drug-likeness (QED) is 0.653. The molecule has 1 aliphatic rings. The van der Waals surface area contributed by atoms with Gasteiger partial charge < -0.3 is 15.0 Å². The average Bonchev–Trinajstić information content (AvgIpc) is 3.04. The number of hydrogen-bond donors (Lipinski definition) is 1. The predicted molar refractivity (Wildman–Crippen MR) is 90.7 cm³/mol. The Bertz CT molecular complexity index is 783. The third-order valence-electron chi connectivity index (χ3n) is 3.92. The standard InChI is InChI=1S/C16H19N5O4/c1-12-2-3-14(15(8-12)21(23)24)18-13-9-17-20(10-13)11-16(22)19-4-6-25-7-5-19/h2-3,8-10,18H,4-7,11H2,1H3. The molecule has 2 heterocycles. The molecule has 9 nitrogen and oxygen atoms in total. The van der Waals surface area contributed by atoms with Crippen molar-refractivity contribution in [1.29, 1.82) is 0 Å². The van der Waals surface area contributed by atoms with Crippen LogP contribution in [-0.4, -0.2) is 51.8 Å². The van der Waals surface area contributed by atoms with Gasteiger partial charge in [-0.3, -0.25) is 19.6 Å². The Hall–Kier alpha value is -2.94. The third-order valence-corrected chi connectivity index (χ3v) is 3.92. The number of hydrogen-bond acceptors (Lipinski definition) is 6. The number of rotatable bonds is 5. The summed E-state index contributed by atoms with van der Waals surface area (Å²) in [5, 5.41) is 18.3. The molecular formula is C16H19N5O4. The number of carbonyl (C=O) groups is 1. The van der Waals surface area contributed by atoms with E-state index in [1.54, 1.807) is 30.2 Å². The Morgan fingerprint density at radius 2 is 2.16 bits per heavy atom. The van der Waals surface area contributed by atoms with Crippen molar-refractivity contribution in [2.45, 2.75) is 13.5 Å². The van der Waals surface area contributed by atoms with E-state index in [9.17, 15) is 14.9 Å². The summed E-state index contributed by atoms with van der Waals surface area (Å²) in [7, 11) is 0. The van der Waals surface area contributed by atoms with Gasteiger partial charge in [0.15, 0.2) is 0 Å². The van der Waals surface area contributed by atoms with Crippen molar-refractivity contribution < 1.29 is 14.5 Å². The van der Waals surface area contributed by atoms with Crippen LogP contribution < -0.4 is 5.32 Å². The largest absolute Gasteiger partial charge is 0.378 e. The molecule has 0 radical (unpaired) electrons. The number of nitrogens with zero attached hydrogens (tertiary/aromatic N) is 4. The lowest BCUT2D eigenvalue weighted by Crippen LogP contribution is -2.42. The molecule has 1 N–H and O–H groups in total. The van der Waals surface area contributed by atoms with E-state index < -0.39 is 4.92 Å². The highest BCUT2D eigenvalue weighted by Crippen LogP contribution is 2.28. The number of anilines is 2. The summed E-state index contributed by atoms with van der Waals surface area (Å²) < 4.78 is 6.74. The van der Waals surface area contributed by atoms with Gasteiger partial charge in [0.1, 0.15) is 12.2 Å². The highest BCUT2D eigenvalue weighted by molar-refractivity contribution is 5.76. The Morgan fingerprint density at radius 1 is 1.40 bits per heavy atom. The van der Waals surface area contributed by atoms with Gasteiger partial charge >= 0.3 is 0 Å². The second-order valence-electron chi connectivity index (χ2n) is 5.82. The van der Waals surface area contributed by atoms with Gasteiger partial charge in [-0.25, -0.2) is 0 Å². The molecule has 25 heavy (non-hydrogen) atoms. The van der Waals surface area contributed by atoms with Gasteiger partial charge in [-0.2, -0.15) is 5.10 Å². The fraction of sp³-hybridized carbons (Fsp3) is 0.375. The van der Waals surface area contributed by atoms with Crippen molar-refractivity contribution in [3.8, 4) is 0 Å². The normalized spacial score (nSPS) is 14.4. The highest BCUT2D eigenvalue weighted by atomic mass is 16.6. The van der Waals surface area contributed by atoms with Crippen molar-refractivity contribution in [1.82, 2.24) is 14.7 Å². The zero-order valence-electron chi connectivity index (χ0n) is 13.8. The van der Waals surface area contributed by atoms with Crippen LogP contribution in [0, 0.1) is 17.0 Å². The molecule has 0 spiro atoms. The van der Waals surface area contributed by atoms with Gasteiger partial charge in [0.2, 0.25) is 5.91 Å². The summed E-state index contributed by atoms with van der Waals surface area (Å²) in [4.78, 5) is 24.7. The van der Waals surface area contributed by atoms with Gasteiger partial charge in [0.05, 0.1) is 30.0 Å². The fourth-order valence-corrected chi connectivity index (χ4v) is 2.62. The minimum absolute atomic E-state index is 0.00265. The van der Waals surface area contributed by atoms with Crippen LogP contribution in [0.25, 0.3) is 0 Å². The Labute approximate surface area is 144 Å². The molecule has 2 aromatic rings. The van der Waals surface area contributed by atoms with Gasteiger partial charge in [0.25, 0.3) is 5.69 Å². The van der Waals surface area contributed by atoms with Gasteiger partial charge in [-0.05, 0) is 18.6 Å². The molecule has 0 unspecified atom stereocenters. The molecule has 0 aliphatic carbocycles. The van der Waals surface area contributed by atoms with Crippen LogP contribution in [0.1, 0.15) is 5.56 Å². The molecule has 0 atom stereocenters. The number of aromatic nitrogens is 2. The topological polar surface area (TPSA) is 103 Å². The number of nitro benzene ring substituents is 1. The second-order valence-corrected chi connectivity index (χ2v) is 5.82. The van der Waals surface area contributed by atoms with Gasteiger partial charge in [-0.1, -0.05) is 6.07 Å². The average molecular weight is 345 g/mol. The number of morpholine rings is 1. The van der Waals surface area contributed by atoms with E-state index >= 15 is 0 Å². The fourth-order valence-electron chi connectivity index (χ4n) is 2.62. The smallest absolute Gasteiger partial charge is 0.292 e. The predicted octanol–water partition coefficient (Wildman–Crippen LogP) is 1.70. The van der Waals surface area contributed by atoms with E-state index in [4.69, 9.17) is 4.74 Å². The van der Waals surface area contributed by atoms with Crippen molar-refractivity contribution in [3.05, 3.63) is 46.3 Å². The number of aryl methyl sites for hydroxylation is 1. The lowest BCUT2D eigenvalue weighted by atomic mass is 10.2. The minimum Gasteiger partial charge on any atom is -0.378 e. The number of carbonyl (C=O) groups excluding carboxylic acids is 1. The van der Waals surface area contributed by atoms with Crippen LogP contribution >= 0.6 is 0 Å². The molecule has 9 heteroatoms. The first-order chi connectivity index (χ1) is 12.0. The van der Waals surface area contributed by atoms with E-state index in [0.717, 1.165) is 5.56 Å².